The van der Waals surface area contributed by atoms with Crippen molar-refractivity contribution in [1.82, 2.24) is 5.32 Å². The van der Waals surface area contributed by atoms with Crippen LogP contribution in [-0.2, 0) is 23.7 Å². The molecule has 0 saturated carbocycles. The predicted molar refractivity (Wildman–Crippen MR) is 259 cm³/mol. The number of allylic oxidation sites excluding steroid dienone is 1. The van der Waals surface area contributed by atoms with Gasteiger partial charge in [0.25, 0.3) is 0 Å². The number of nitrogens with one attached hydrogen (secondary N) is 1. The minimum atomic E-state index is -1.78. The molecule has 66 heavy (non-hydrogen) atoms. The van der Waals surface area contributed by atoms with E-state index >= 15 is 0 Å². The molecule has 2 fully saturated rings. The number of ether oxygens (including phenoxy) is 4. The average molecular weight is 946 g/mol. The van der Waals surface area contributed by atoms with Gasteiger partial charge >= 0.3 is 0 Å². The highest BCUT2D eigenvalue weighted by Crippen LogP contribution is 2.30. The lowest BCUT2D eigenvalue weighted by atomic mass is 9.97. The number of carbonyl (C=O) groups is 1. The molecule has 2 aliphatic heterocycles. The van der Waals surface area contributed by atoms with Crippen LogP contribution in [0.2, 0.25) is 0 Å². The van der Waals surface area contributed by atoms with E-state index in [0.29, 0.717) is 6.42 Å². The Balaban J connectivity index is 1.57. The molecule has 9 N–H and O–H groups in total. The summed E-state index contributed by atoms with van der Waals surface area (Å²) in [6.45, 7) is 2.64. The van der Waals surface area contributed by atoms with E-state index in [4.69, 9.17) is 18.9 Å². The van der Waals surface area contributed by atoms with Crippen LogP contribution in [0.25, 0.3) is 0 Å². The lowest BCUT2D eigenvalue weighted by Crippen LogP contribution is -2.65. The van der Waals surface area contributed by atoms with Crippen LogP contribution in [0.15, 0.2) is 12.2 Å². The van der Waals surface area contributed by atoms with E-state index in [2.05, 4.69) is 19.2 Å². The molecule has 14 nitrogen and oxygen atoms in total. The largest absolute Gasteiger partial charge is 0.394 e. The lowest BCUT2D eigenvalue weighted by molar-refractivity contribution is -0.359. The molecule has 2 rings (SSSR count). The van der Waals surface area contributed by atoms with E-state index in [1.165, 1.54) is 154 Å². The Morgan fingerprint density at radius 3 is 1.38 bits per heavy atom. The van der Waals surface area contributed by atoms with Gasteiger partial charge in [-0.1, -0.05) is 212 Å². The van der Waals surface area contributed by atoms with Crippen molar-refractivity contribution in [1.29, 1.82) is 0 Å². The first-order valence-electron chi connectivity index (χ1n) is 26.9. The maximum atomic E-state index is 13.0. The number of carbonyl (C=O) groups excluding carboxylic acids is 1. The van der Waals surface area contributed by atoms with E-state index in [1.54, 1.807) is 6.08 Å². The van der Waals surface area contributed by atoms with Crippen molar-refractivity contribution in [3.8, 4) is 0 Å². The number of hydrogen-bond acceptors (Lipinski definition) is 13. The zero-order valence-electron chi connectivity index (χ0n) is 41.5. The van der Waals surface area contributed by atoms with Crippen molar-refractivity contribution < 1.29 is 64.6 Å². The molecule has 12 unspecified atom stereocenters. The number of rotatable bonds is 42. The second-order valence-corrected chi connectivity index (χ2v) is 19.4. The van der Waals surface area contributed by atoms with Gasteiger partial charge in [-0.15, -0.1) is 0 Å². The minimum Gasteiger partial charge on any atom is -0.394 e. The Bertz CT molecular complexity index is 1160. The third-order valence-electron chi connectivity index (χ3n) is 13.5. The summed E-state index contributed by atoms with van der Waals surface area (Å²) in [6.07, 6.45) is 26.6. The molecule has 0 aromatic heterocycles. The van der Waals surface area contributed by atoms with Gasteiger partial charge in [0.2, 0.25) is 5.91 Å². The van der Waals surface area contributed by atoms with Crippen molar-refractivity contribution in [2.75, 3.05) is 19.8 Å². The highest BCUT2D eigenvalue weighted by atomic mass is 16.7. The first-order chi connectivity index (χ1) is 32.1. The second-order valence-electron chi connectivity index (χ2n) is 19.4. The summed E-state index contributed by atoms with van der Waals surface area (Å²) < 4.78 is 22.5. The van der Waals surface area contributed by atoms with E-state index in [0.717, 1.165) is 38.5 Å². The fraction of sp³-hybridized carbons (Fsp3) is 0.942. The summed E-state index contributed by atoms with van der Waals surface area (Å²) in [5.74, 6) is -0.245. The zero-order chi connectivity index (χ0) is 48.2. The molecule has 1 amide bonds. The molecule has 12 atom stereocenters. The normalized spacial score (nSPS) is 26.8. The number of amides is 1. The summed E-state index contributed by atoms with van der Waals surface area (Å²) in [5, 5.41) is 86.1. The fourth-order valence-corrected chi connectivity index (χ4v) is 9.04. The Kier molecular flexibility index (Phi) is 36.4. The van der Waals surface area contributed by atoms with Gasteiger partial charge in [-0.05, 0) is 12.8 Å². The van der Waals surface area contributed by atoms with E-state index < -0.39 is 86.8 Å². The number of unbranched alkanes of at least 4 members (excludes halogenated alkanes) is 29. The van der Waals surface area contributed by atoms with Crippen LogP contribution in [0, 0.1) is 0 Å². The highest BCUT2D eigenvalue weighted by molar-refractivity contribution is 5.76. The molecule has 0 spiro atoms. The van der Waals surface area contributed by atoms with Gasteiger partial charge in [0.1, 0.15) is 48.8 Å². The second kappa shape index (κ2) is 39.5. The maximum absolute atomic E-state index is 13.0. The highest BCUT2D eigenvalue weighted by Gasteiger charge is 2.51. The van der Waals surface area contributed by atoms with Gasteiger partial charge in [-0.2, -0.15) is 0 Å². The molecule has 2 aliphatic rings. The Labute approximate surface area is 399 Å². The SMILES string of the molecule is CCCC/C=C/C(O)C(COC1OC(CO)C(OC2OC(CO)C(O)C(O)C2O)C(O)C1O)NC(=O)CCCCCCCCCCCCCCCCCCCCCCCCCCCCCC. The van der Waals surface area contributed by atoms with Crippen LogP contribution in [0.5, 0.6) is 0 Å². The monoisotopic (exact) mass is 946 g/mol. The standard InChI is InChI=1S/C52H99NO13/c1-3-5-7-9-10-11-12-13-14-15-16-17-18-19-20-21-22-23-24-25-26-27-28-29-30-31-32-34-36-44(57)53-40(41(56)35-33-8-6-4-2)39-63-51-49(62)47(60)50(43(38-55)65-51)66-52-48(61)46(59)45(58)42(37-54)64-52/h33,35,40-43,45-52,54-56,58-62H,3-32,34,36-39H2,1-2H3,(H,53,57)/b35-33+. The molecule has 0 bridgehead atoms. The quantitative estimate of drug-likeness (QED) is 0.0213. The average Bonchev–Trinajstić information content (AvgIpc) is 3.31. The zero-order valence-corrected chi connectivity index (χ0v) is 41.5. The van der Waals surface area contributed by atoms with E-state index in [9.17, 15) is 45.6 Å². The third-order valence-corrected chi connectivity index (χ3v) is 13.5. The summed E-state index contributed by atoms with van der Waals surface area (Å²) in [4.78, 5) is 13.0. The number of aliphatic hydroxyl groups is 8. The molecular weight excluding hydrogens is 847 g/mol. The maximum Gasteiger partial charge on any atom is 0.220 e. The topological polar surface area (TPSA) is 228 Å². The number of hydrogen-bond donors (Lipinski definition) is 9. The Hall–Kier alpha value is -1.27. The lowest BCUT2D eigenvalue weighted by Gasteiger charge is -2.46. The molecule has 14 heteroatoms. The first kappa shape index (κ1) is 60.9. The van der Waals surface area contributed by atoms with Crippen LogP contribution in [-0.4, -0.2) is 140 Å². The van der Waals surface area contributed by atoms with Crippen molar-refractivity contribution in [2.45, 2.75) is 293 Å². The van der Waals surface area contributed by atoms with Gasteiger partial charge in [0.05, 0.1) is 32.0 Å². The van der Waals surface area contributed by atoms with Gasteiger partial charge in [0.15, 0.2) is 12.6 Å². The Morgan fingerprint density at radius 1 is 0.530 bits per heavy atom. The van der Waals surface area contributed by atoms with E-state index in [-0.39, 0.29) is 18.9 Å². The molecule has 0 aliphatic carbocycles. The molecule has 0 radical (unpaired) electrons. The van der Waals surface area contributed by atoms with Crippen LogP contribution in [0.4, 0.5) is 0 Å². The van der Waals surface area contributed by atoms with Gasteiger partial charge in [-0.25, -0.2) is 0 Å². The predicted octanol–water partition coefficient (Wildman–Crippen LogP) is 7.55. The number of aliphatic hydroxyl groups excluding tert-OH is 8. The summed E-state index contributed by atoms with van der Waals surface area (Å²) >= 11 is 0. The molecule has 0 aromatic carbocycles. The summed E-state index contributed by atoms with van der Waals surface area (Å²) in [6, 6.07) is -0.905. The summed E-state index contributed by atoms with van der Waals surface area (Å²) in [5.41, 5.74) is 0. The molecule has 2 saturated heterocycles. The fourth-order valence-electron chi connectivity index (χ4n) is 9.04. The molecule has 390 valence electrons. The molecule has 0 aromatic rings. The van der Waals surface area contributed by atoms with E-state index in [1.807, 2.05) is 6.08 Å². The third kappa shape index (κ3) is 26.1. The smallest absolute Gasteiger partial charge is 0.220 e. The minimum absolute atomic E-state index is 0.245. The van der Waals surface area contributed by atoms with Crippen LogP contribution >= 0.6 is 0 Å². The van der Waals surface area contributed by atoms with Crippen molar-refractivity contribution >= 4 is 5.91 Å². The molecular formula is C52H99NO13. The molecule has 2 heterocycles. The van der Waals surface area contributed by atoms with Crippen molar-refractivity contribution in [3.05, 3.63) is 12.2 Å². The van der Waals surface area contributed by atoms with Gasteiger partial charge in [-0.3, -0.25) is 4.79 Å². The van der Waals surface area contributed by atoms with Crippen LogP contribution in [0.3, 0.4) is 0 Å². The van der Waals surface area contributed by atoms with Crippen LogP contribution in [0.1, 0.15) is 219 Å². The van der Waals surface area contributed by atoms with Crippen LogP contribution < -0.4 is 5.32 Å². The van der Waals surface area contributed by atoms with Crippen molar-refractivity contribution in [3.63, 3.8) is 0 Å². The van der Waals surface area contributed by atoms with Gasteiger partial charge < -0.3 is 65.1 Å². The van der Waals surface area contributed by atoms with Crippen molar-refractivity contribution in [2.24, 2.45) is 0 Å². The Morgan fingerprint density at radius 2 is 0.939 bits per heavy atom. The first-order valence-corrected chi connectivity index (χ1v) is 26.9. The summed E-state index contributed by atoms with van der Waals surface area (Å²) in [7, 11) is 0. The van der Waals surface area contributed by atoms with Gasteiger partial charge in [0, 0.05) is 6.42 Å².